The molecule has 1 heterocycles. The van der Waals surface area contributed by atoms with Crippen molar-refractivity contribution in [1.29, 1.82) is 0 Å². The van der Waals surface area contributed by atoms with Crippen molar-refractivity contribution in [3.8, 4) is 0 Å². The number of carbonyl (C=O) groups is 2. The highest BCUT2D eigenvalue weighted by molar-refractivity contribution is 5.75. The second kappa shape index (κ2) is 10.2. The van der Waals surface area contributed by atoms with Crippen molar-refractivity contribution in [2.45, 2.75) is 25.4 Å². The van der Waals surface area contributed by atoms with Crippen LogP contribution in [0.4, 0.5) is 18.4 Å². The molecular weight excluding hydrogens is 402 g/mol. The fraction of sp³-hybridized carbons (Fsp3) is 0.391. The Morgan fingerprint density at radius 1 is 0.968 bits per heavy atom. The third kappa shape index (κ3) is 5.51. The van der Waals surface area contributed by atoms with Gasteiger partial charge in [0, 0.05) is 33.7 Å². The van der Waals surface area contributed by atoms with Crippen LogP contribution in [0.3, 0.4) is 0 Å². The van der Waals surface area contributed by atoms with Crippen LogP contribution in [0.5, 0.6) is 0 Å². The van der Waals surface area contributed by atoms with Crippen molar-refractivity contribution in [1.82, 2.24) is 20.4 Å². The summed E-state index contributed by atoms with van der Waals surface area (Å²) in [6.07, 6.45) is 1.40. The number of piperidine rings is 1. The minimum atomic E-state index is -0.345. The number of hydrogen-bond acceptors (Lipinski definition) is 2. The molecule has 166 valence electrons. The molecular formula is C23H28F2N4O2. The first-order valence-corrected chi connectivity index (χ1v) is 10.4. The summed E-state index contributed by atoms with van der Waals surface area (Å²) in [5.74, 6) is -0.613. The van der Waals surface area contributed by atoms with Gasteiger partial charge in [-0.1, -0.05) is 24.3 Å². The van der Waals surface area contributed by atoms with E-state index >= 15 is 0 Å². The van der Waals surface area contributed by atoms with E-state index in [0.717, 1.165) is 11.1 Å². The van der Waals surface area contributed by atoms with Gasteiger partial charge in [-0.25, -0.2) is 18.4 Å². The molecule has 4 amide bonds. The molecule has 2 aromatic carbocycles. The van der Waals surface area contributed by atoms with E-state index in [9.17, 15) is 18.4 Å². The lowest BCUT2D eigenvalue weighted by molar-refractivity contribution is 0.105. The Bertz CT molecular complexity index is 881. The highest BCUT2D eigenvalue weighted by atomic mass is 19.1. The van der Waals surface area contributed by atoms with Crippen LogP contribution in [0.15, 0.2) is 48.5 Å². The van der Waals surface area contributed by atoms with Gasteiger partial charge >= 0.3 is 12.1 Å². The molecule has 8 heteroatoms. The van der Waals surface area contributed by atoms with E-state index in [-0.39, 0.29) is 42.2 Å². The summed E-state index contributed by atoms with van der Waals surface area (Å²) < 4.78 is 27.0. The molecule has 2 aromatic rings. The fourth-order valence-corrected chi connectivity index (χ4v) is 4.17. The molecule has 31 heavy (non-hydrogen) atoms. The molecule has 6 nitrogen and oxygen atoms in total. The van der Waals surface area contributed by atoms with E-state index < -0.39 is 0 Å². The predicted octanol–water partition coefficient (Wildman–Crippen LogP) is 3.90. The number of halogens is 2. The molecule has 2 N–H and O–H groups in total. The Morgan fingerprint density at radius 3 is 2.03 bits per heavy atom. The van der Waals surface area contributed by atoms with Crippen LogP contribution < -0.4 is 10.6 Å². The molecule has 0 saturated carbocycles. The van der Waals surface area contributed by atoms with E-state index in [2.05, 4.69) is 10.6 Å². The van der Waals surface area contributed by atoms with E-state index in [1.807, 2.05) is 0 Å². The number of amides is 4. The quantitative estimate of drug-likeness (QED) is 0.756. The van der Waals surface area contributed by atoms with Crippen molar-refractivity contribution in [2.75, 3.05) is 27.2 Å². The minimum Gasteiger partial charge on any atom is -0.341 e. The zero-order valence-electron chi connectivity index (χ0n) is 17.8. The van der Waals surface area contributed by atoms with Gasteiger partial charge in [-0.3, -0.25) is 0 Å². The van der Waals surface area contributed by atoms with Crippen molar-refractivity contribution < 1.29 is 18.4 Å². The fourth-order valence-electron chi connectivity index (χ4n) is 4.17. The van der Waals surface area contributed by atoms with E-state index in [1.54, 1.807) is 48.2 Å². The van der Waals surface area contributed by atoms with Gasteiger partial charge in [0.05, 0.1) is 6.04 Å². The maximum absolute atomic E-state index is 13.6. The van der Waals surface area contributed by atoms with Gasteiger partial charge in [0.25, 0.3) is 0 Å². The van der Waals surface area contributed by atoms with Crippen LogP contribution >= 0.6 is 0 Å². The van der Waals surface area contributed by atoms with Gasteiger partial charge in [-0.05, 0) is 54.2 Å². The number of hydrogen-bond donors (Lipinski definition) is 2. The highest BCUT2D eigenvalue weighted by Gasteiger charge is 2.35. The molecule has 0 radical (unpaired) electrons. The Hall–Kier alpha value is -3.16. The van der Waals surface area contributed by atoms with Crippen LogP contribution in [0.1, 0.15) is 30.0 Å². The maximum atomic E-state index is 13.6. The third-order valence-electron chi connectivity index (χ3n) is 5.78. The third-order valence-corrected chi connectivity index (χ3v) is 5.78. The summed E-state index contributed by atoms with van der Waals surface area (Å²) >= 11 is 0. The molecule has 1 atom stereocenters. The standard InChI is InChI=1S/C23H28F2N4O2/c1-26-22(30)28-13-11-18(12-14-28)21(17-5-9-20(25)10-6-17)29(23(31)27-2)15-16-3-7-19(24)8-4-16/h3-10,18,21H,11-15H2,1-2H3,(H,26,30)(H,27,31). The molecule has 0 bridgehead atoms. The second-order valence-corrected chi connectivity index (χ2v) is 7.69. The monoisotopic (exact) mass is 430 g/mol. The van der Waals surface area contributed by atoms with Crippen LogP contribution in [-0.2, 0) is 6.54 Å². The molecule has 0 aromatic heterocycles. The zero-order valence-corrected chi connectivity index (χ0v) is 17.8. The van der Waals surface area contributed by atoms with Crippen LogP contribution in [0.25, 0.3) is 0 Å². The topological polar surface area (TPSA) is 64.7 Å². The van der Waals surface area contributed by atoms with E-state index in [0.29, 0.717) is 25.9 Å². The molecule has 3 rings (SSSR count). The Kier molecular flexibility index (Phi) is 7.44. The highest BCUT2D eigenvalue weighted by Crippen LogP contribution is 2.37. The Balaban J connectivity index is 1.92. The summed E-state index contributed by atoms with van der Waals surface area (Å²) in [5.41, 5.74) is 1.62. The number of urea groups is 2. The lowest BCUT2D eigenvalue weighted by Crippen LogP contribution is -2.48. The Morgan fingerprint density at radius 2 is 1.52 bits per heavy atom. The summed E-state index contributed by atoms with van der Waals surface area (Å²) in [6, 6.07) is 11.5. The summed E-state index contributed by atoms with van der Waals surface area (Å²) in [7, 11) is 3.17. The summed E-state index contributed by atoms with van der Waals surface area (Å²) in [4.78, 5) is 28.4. The molecule has 1 unspecified atom stereocenters. The average Bonchev–Trinajstić information content (AvgIpc) is 2.80. The Labute approximate surface area is 181 Å². The number of rotatable bonds is 5. The maximum Gasteiger partial charge on any atom is 0.317 e. The number of nitrogens with one attached hydrogen (secondary N) is 2. The van der Waals surface area contributed by atoms with Crippen molar-refractivity contribution in [3.63, 3.8) is 0 Å². The molecule has 1 aliphatic heterocycles. The predicted molar refractivity (Wildman–Crippen MR) is 114 cm³/mol. The zero-order chi connectivity index (χ0) is 22.4. The largest absolute Gasteiger partial charge is 0.341 e. The molecule has 1 saturated heterocycles. The first kappa shape index (κ1) is 22.5. The molecule has 0 aliphatic carbocycles. The molecule has 1 aliphatic rings. The van der Waals surface area contributed by atoms with Crippen molar-refractivity contribution in [3.05, 3.63) is 71.3 Å². The van der Waals surface area contributed by atoms with Crippen LogP contribution in [0, 0.1) is 17.6 Å². The van der Waals surface area contributed by atoms with Gasteiger partial charge in [0.1, 0.15) is 11.6 Å². The number of nitrogens with zero attached hydrogens (tertiary/aromatic N) is 2. The van der Waals surface area contributed by atoms with Gasteiger partial charge < -0.3 is 20.4 Å². The van der Waals surface area contributed by atoms with Crippen LogP contribution in [0.2, 0.25) is 0 Å². The number of carbonyl (C=O) groups excluding carboxylic acids is 2. The van der Waals surface area contributed by atoms with E-state index in [1.165, 1.54) is 24.3 Å². The lowest BCUT2D eigenvalue weighted by Gasteiger charge is -2.41. The molecule has 1 fully saturated rings. The smallest absolute Gasteiger partial charge is 0.317 e. The lowest BCUT2D eigenvalue weighted by atomic mass is 9.84. The van der Waals surface area contributed by atoms with Crippen LogP contribution in [-0.4, -0.2) is 49.0 Å². The van der Waals surface area contributed by atoms with E-state index in [4.69, 9.17) is 0 Å². The first-order chi connectivity index (χ1) is 14.9. The van der Waals surface area contributed by atoms with Gasteiger partial charge in [0.15, 0.2) is 0 Å². The van der Waals surface area contributed by atoms with Crippen molar-refractivity contribution in [2.24, 2.45) is 5.92 Å². The normalized spacial score (nSPS) is 15.3. The minimum absolute atomic E-state index is 0.0733. The summed E-state index contributed by atoms with van der Waals surface area (Å²) in [6.45, 7) is 1.41. The van der Waals surface area contributed by atoms with Gasteiger partial charge in [-0.15, -0.1) is 0 Å². The number of likely N-dealkylation sites (tertiary alicyclic amines) is 1. The average molecular weight is 430 g/mol. The number of benzene rings is 2. The SMILES string of the molecule is CNC(=O)N1CCC(C(c2ccc(F)cc2)N(Cc2ccc(F)cc2)C(=O)NC)CC1. The first-order valence-electron chi connectivity index (χ1n) is 10.4. The van der Waals surface area contributed by atoms with Crippen molar-refractivity contribution >= 4 is 12.1 Å². The summed E-state index contributed by atoms with van der Waals surface area (Å²) in [5, 5.41) is 5.34. The molecule has 0 spiro atoms. The second-order valence-electron chi connectivity index (χ2n) is 7.69. The van der Waals surface area contributed by atoms with Gasteiger partial charge in [-0.2, -0.15) is 0 Å². The van der Waals surface area contributed by atoms with Gasteiger partial charge in [0.2, 0.25) is 0 Å².